The molecule has 2 rings (SSSR count). The zero-order chi connectivity index (χ0) is 15.6. The van der Waals surface area contributed by atoms with Crippen LogP contribution >= 0.6 is 15.9 Å². The average molecular weight is 373 g/mol. The van der Waals surface area contributed by atoms with Crippen LogP contribution in [-0.2, 0) is 16.6 Å². The van der Waals surface area contributed by atoms with Crippen LogP contribution < -0.4 is 5.73 Å². The number of halogens is 2. The maximum atomic E-state index is 13.2. The van der Waals surface area contributed by atoms with Crippen LogP contribution in [0.2, 0.25) is 0 Å². The van der Waals surface area contributed by atoms with Gasteiger partial charge in [0.15, 0.2) is 0 Å². The average Bonchev–Trinajstić information content (AvgIpc) is 2.38. The number of nitrogens with zero attached hydrogens (tertiary/aromatic N) is 1. The third-order valence-electron chi connectivity index (χ3n) is 2.94. The second kappa shape index (κ2) is 6.13. The van der Waals surface area contributed by atoms with Crippen molar-refractivity contribution in [2.45, 2.75) is 11.4 Å². The van der Waals surface area contributed by atoms with E-state index in [1.54, 1.807) is 12.1 Å². The summed E-state index contributed by atoms with van der Waals surface area (Å²) in [6.45, 7) is 0.0803. The molecule has 112 valence electrons. The first-order valence-corrected chi connectivity index (χ1v) is 8.30. The van der Waals surface area contributed by atoms with Crippen LogP contribution in [0, 0.1) is 5.82 Å². The van der Waals surface area contributed by atoms with Crippen LogP contribution in [0.5, 0.6) is 0 Å². The smallest absolute Gasteiger partial charge is 0.244 e. The number of sulfonamides is 1. The van der Waals surface area contributed by atoms with Gasteiger partial charge < -0.3 is 5.73 Å². The molecule has 7 heteroatoms. The summed E-state index contributed by atoms with van der Waals surface area (Å²) in [5.41, 5.74) is 6.65. The maximum Gasteiger partial charge on any atom is 0.244 e. The van der Waals surface area contributed by atoms with Gasteiger partial charge in [-0.1, -0.05) is 12.1 Å². The van der Waals surface area contributed by atoms with E-state index in [1.807, 2.05) is 0 Å². The Hall–Kier alpha value is -1.44. The Labute approximate surface area is 131 Å². The van der Waals surface area contributed by atoms with E-state index in [0.29, 0.717) is 15.7 Å². The van der Waals surface area contributed by atoms with Gasteiger partial charge in [-0.25, -0.2) is 12.8 Å². The van der Waals surface area contributed by atoms with Gasteiger partial charge in [0, 0.05) is 23.8 Å². The summed E-state index contributed by atoms with van der Waals surface area (Å²) in [5.74, 6) is -0.396. The Bertz CT molecular complexity index is 765. The predicted molar refractivity (Wildman–Crippen MR) is 83.6 cm³/mol. The Morgan fingerprint density at radius 1 is 1.24 bits per heavy atom. The van der Waals surface area contributed by atoms with Crippen LogP contribution in [0.3, 0.4) is 0 Å². The molecule has 0 aromatic heterocycles. The summed E-state index contributed by atoms with van der Waals surface area (Å²) >= 11 is 3.20. The Morgan fingerprint density at radius 2 is 1.95 bits per heavy atom. The fourth-order valence-electron chi connectivity index (χ4n) is 1.87. The van der Waals surface area contributed by atoms with E-state index in [4.69, 9.17) is 5.73 Å². The third-order valence-corrected chi connectivity index (χ3v) is 5.72. The molecule has 0 aliphatic rings. The summed E-state index contributed by atoms with van der Waals surface area (Å²) < 4.78 is 39.7. The zero-order valence-electron chi connectivity index (χ0n) is 11.3. The molecule has 0 bridgehead atoms. The fraction of sp³-hybridized carbons (Fsp3) is 0.143. The van der Waals surface area contributed by atoms with Crippen molar-refractivity contribution in [3.63, 3.8) is 0 Å². The van der Waals surface area contributed by atoms with E-state index in [0.717, 1.165) is 4.31 Å². The first-order valence-electron chi connectivity index (χ1n) is 6.06. The molecule has 0 saturated heterocycles. The SMILES string of the molecule is CN(Cc1cccc(F)c1)S(=O)(=O)c1ccc(N)cc1Br. The molecule has 0 unspecified atom stereocenters. The zero-order valence-corrected chi connectivity index (χ0v) is 13.7. The lowest BCUT2D eigenvalue weighted by atomic mass is 10.2. The highest BCUT2D eigenvalue weighted by atomic mass is 79.9. The number of nitrogen functional groups attached to an aromatic ring is 1. The number of nitrogens with two attached hydrogens (primary N) is 1. The van der Waals surface area contributed by atoms with Crippen molar-refractivity contribution < 1.29 is 12.8 Å². The van der Waals surface area contributed by atoms with Gasteiger partial charge in [-0.3, -0.25) is 0 Å². The van der Waals surface area contributed by atoms with Gasteiger partial charge >= 0.3 is 0 Å². The third kappa shape index (κ3) is 3.61. The lowest BCUT2D eigenvalue weighted by Crippen LogP contribution is -2.26. The first kappa shape index (κ1) is 15.9. The summed E-state index contributed by atoms with van der Waals surface area (Å²) in [4.78, 5) is 0.121. The lowest BCUT2D eigenvalue weighted by Gasteiger charge is -2.18. The molecule has 0 amide bonds. The van der Waals surface area contributed by atoms with Crippen molar-refractivity contribution in [2.24, 2.45) is 0 Å². The molecule has 21 heavy (non-hydrogen) atoms. The van der Waals surface area contributed by atoms with Crippen molar-refractivity contribution in [3.8, 4) is 0 Å². The minimum absolute atomic E-state index is 0.0803. The molecular weight excluding hydrogens is 359 g/mol. The van der Waals surface area contributed by atoms with E-state index in [9.17, 15) is 12.8 Å². The molecule has 4 nitrogen and oxygen atoms in total. The Kier molecular flexibility index (Phi) is 4.65. The minimum Gasteiger partial charge on any atom is -0.399 e. The highest BCUT2D eigenvalue weighted by Crippen LogP contribution is 2.27. The van der Waals surface area contributed by atoms with Crippen LogP contribution in [-0.4, -0.2) is 19.8 Å². The van der Waals surface area contributed by atoms with Gasteiger partial charge in [0.2, 0.25) is 10.0 Å². The number of benzene rings is 2. The van der Waals surface area contributed by atoms with E-state index < -0.39 is 15.8 Å². The van der Waals surface area contributed by atoms with Crippen LogP contribution in [0.15, 0.2) is 51.8 Å². The Balaban J connectivity index is 2.30. The van der Waals surface area contributed by atoms with E-state index in [2.05, 4.69) is 15.9 Å². The van der Waals surface area contributed by atoms with Crippen LogP contribution in [0.1, 0.15) is 5.56 Å². The number of hydrogen-bond donors (Lipinski definition) is 1. The van der Waals surface area contributed by atoms with E-state index in [-0.39, 0.29) is 11.4 Å². The van der Waals surface area contributed by atoms with Crippen LogP contribution in [0.4, 0.5) is 10.1 Å². The van der Waals surface area contributed by atoms with Crippen molar-refractivity contribution in [1.29, 1.82) is 0 Å². The van der Waals surface area contributed by atoms with Gasteiger partial charge in [-0.05, 0) is 51.8 Å². The summed E-state index contributed by atoms with van der Waals surface area (Å²) in [6, 6.07) is 10.3. The number of hydrogen-bond acceptors (Lipinski definition) is 3. The maximum absolute atomic E-state index is 13.2. The number of anilines is 1. The molecule has 2 aromatic carbocycles. The summed E-state index contributed by atoms with van der Waals surface area (Å²) in [7, 11) is -2.24. The first-order chi connectivity index (χ1) is 9.80. The normalized spacial score (nSPS) is 11.8. The molecular formula is C14H14BrFN2O2S. The highest BCUT2D eigenvalue weighted by Gasteiger charge is 2.23. The summed E-state index contributed by atoms with van der Waals surface area (Å²) in [5, 5.41) is 0. The van der Waals surface area contributed by atoms with Crippen molar-refractivity contribution in [3.05, 3.63) is 58.3 Å². The predicted octanol–water partition coefficient (Wildman–Crippen LogP) is 2.99. The molecule has 2 N–H and O–H groups in total. The van der Waals surface area contributed by atoms with Gasteiger partial charge in [0.25, 0.3) is 0 Å². The molecule has 0 heterocycles. The van der Waals surface area contributed by atoms with Crippen molar-refractivity contribution in [1.82, 2.24) is 4.31 Å². The van der Waals surface area contributed by atoms with E-state index in [1.165, 1.54) is 37.4 Å². The van der Waals surface area contributed by atoms with Crippen molar-refractivity contribution >= 4 is 31.6 Å². The van der Waals surface area contributed by atoms with Gasteiger partial charge in [0.05, 0.1) is 4.90 Å². The number of rotatable bonds is 4. The standard InChI is InChI=1S/C14H14BrFN2O2S/c1-18(9-10-3-2-4-11(16)7-10)21(19,20)14-6-5-12(17)8-13(14)15/h2-8H,9,17H2,1H3. The highest BCUT2D eigenvalue weighted by molar-refractivity contribution is 9.10. The fourth-order valence-corrected chi connectivity index (χ4v) is 4.08. The van der Waals surface area contributed by atoms with Gasteiger partial charge in [-0.2, -0.15) is 4.31 Å². The lowest BCUT2D eigenvalue weighted by molar-refractivity contribution is 0.465. The summed E-state index contributed by atoms with van der Waals surface area (Å²) in [6.07, 6.45) is 0. The van der Waals surface area contributed by atoms with E-state index >= 15 is 0 Å². The molecule has 0 atom stereocenters. The molecule has 0 aliphatic heterocycles. The topological polar surface area (TPSA) is 63.4 Å². The largest absolute Gasteiger partial charge is 0.399 e. The van der Waals surface area contributed by atoms with Gasteiger partial charge in [0.1, 0.15) is 5.82 Å². The molecule has 0 aliphatic carbocycles. The minimum atomic E-state index is -3.69. The van der Waals surface area contributed by atoms with Crippen molar-refractivity contribution in [2.75, 3.05) is 12.8 Å². The molecule has 0 radical (unpaired) electrons. The Morgan fingerprint density at radius 3 is 2.57 bits per heavy atom. The molecule has 2 aromatic rings. The quantitative estimate of drug-likeness (QED) is 0.839. The second-order valence-corrected chi connectivity index (χ2v) is 7.45. The molecule has 0 fully saturated rings. The monoisotopic (exact) mass is 372 g/mol. The van der Waals surface area contributed by atoms with Gasteiger partial charge in [-0.15, -0.1) is 0 Å². The van der Waals surface area contributed by atoms with Crippen LogP contribution in [0.25, 0.3) is 0 Å². The molecule has 0 spiro atoms. The molecule has 0 saturated carbocycles. The second-order valence-electron chi connectivity index (χ2n) is 4.58.